The Morgan fingerprint density at radius 3 is 2.23 bits per heavy atom. The van der Waals surface area contributed by atoms with Gasteiger partial charge in [0.05, 0.1) is 40.6 Å². The van der Waals surface area contributed by atoms with Gasteiger partial charge in [0.1, 0.15) is 5.82 Å². The fourth-order valence-electron chi connectivity index (χ4n) is 3.92. The van der Waals surface area contributed by atoms with Gasteiger partial charge < -0.3 is 15.0 Å². The Morgan fingerprint density at radius 1 is 1.00 bits per heavy atom. The Balaban J connectivity index is 1.59. The number of rotatable bonds is 6. The van der Waals surface area contributed by atoms with E-state index in [1.54, 1.807) is 0 Å². The van der Waals surface area contributed by atoms with Crippen LogP contribution in [0.5, 0.6) is 0 Å². The van der Waals surface area contributed by atoms with Crippen molar-refractivity contribution < 1.29 is 40.3 Å². The molecular formula is C25H20ClF7N4O2. The number of hydrogen-bond donors (Lipinski definition) is 1. The standard InChI is InChI=1S/C25H20ClF7N4O2/c26-20-12-17(27)1-2-18(20)21-19(13-35-23(36-21)37-5-7-39-8-6-37)22(38)34-4-3-14-9-15(24(28,29)30)11-16(10-14)25(31,32)33/h1-2,9-13H,3-8H2,(H,34,38). The zero-order valence-electron chi connectivity index (χ0n) is 20.0. The predicted molar refractivity (Wildman–Crippen MR) is 128 cm³/mol. The summed E-state index contributed by atoms with van der Waals surface area (Å²) in [5.74, 6) is -1.09. The lowest BCUT2D eigenvalue weighted by Crippen LogP contribution is -2.37. The van der Waals surface area contributed by atoms with Gasteiger partial charge in [-0.25, -0.2) is 14.4 Å². The number of aromatic nitrogens is 2. The SMILES string of the molecule is O=C(NCCc1cc(C(F)(F)F)cc(C(F)(F)F)c1)c1cnc(N2CCOCC2)nc1-c1ccc(F)cc1Cl. The van der Waals surface area contributed by atoms with Gasteiger partial charge >= 0.3 is 12.4 Å². The molecule has 3 aromatic rings. The number of alkyl halides is 6. The molecule has 1 aromatic heterocycles. The molecule has 208 valence electrons. The molecular weight excluding hydrogens is 557 g/mol. The highest BCUT2D eigenvalue weighted by Gasteiger charge is 2.36. The summed E-state index contributed by atoms with van der Waals surface area (Å²) in [4.78, 5) is 23.6. The number of carbonyl (C=O) groups is 1. The molecule has 2 aromatic carbocycles. The molecule has 14 heteroatoms. The fourth-order valence-corrected chi connectivity index (χ4v) is 4.18. The second-order valence-corrected chi connectivity index (χ2v) is 8.98. The van der Waals surface area contributed by atoms with Crippen LogP contribution < -0.4 is 10.2 Å². The maximum atomic E-state index is 13.7. The molecule has 1 saturated heterocycles. The summed E-state index contributed by atoms with van der Waals surface area (Å²) >= 11 is 6.22. The van der Waals surface area contributed by atoms with E-state index in [0.717, 1.165) is 12.1 Å². The number of nitrogens with zero attached hydrogens (tertiary/aromatic N) is 3. The molecule has 0 spiro atoms. The first-order valence-electron chi connectivity index (χ1n) is 11.5. The number of anilines is 1. The summed E-state index contributed by atoms with van der Waals surface area (Å²) in [5.41, 5.74) is -2.92. The van der Waals surface area contributed by atoms with Crippen molar-refractivity contribution in [2.75, 3.05) is 37.7 Å². The number of amides is 1. The van der Waals surface area contributed by atoms with Crippen molar-refractivity contribution in [1.82, 2.24) is 15.3 Å². The van der Waals surface area contributed by atoms with E-state index in [1.807, 2.05) is 4.90 Å². The molecule has 1 amide bonds. The van der Waals surface area contributed by atoms with Crippen LogP contribution in [-0.2, 0) is 23.5 Å². The maximum absolute atomic E-state index is 13.7. The lowest BCUT2D eigenvalue weighted by molar-refractivity contribution is -0.143. The molecule has 1 aliphatic heterocycles. The molecule has 0 aliphatic carbocycles. The average molecular weight is 577 g/mol. The van der Waals surface area contributed by atoms with Gasteiger partial charge in [-0.2, -0.15) is 26.3 Å². The first-order valence-corrected chi connectivity index (χ1v) is 11.9. The number of morpholine rings is 1. The highest BCUT2D eigenvalue weighted by atomic mass is 35.5. The minimum atomic E-state index is -4.98. The predicted octanol–water partition coefficient (Wildman–Crippen LogP) is 5.78. The zero-order chi connectivity index (χ0) is 28.4. The summed E-state index contributed by atoms with van der Waals surface area (Å²) in [6.45, 7) is 1.55. The molecule has 1 N–H and O–H groups in total. The van der Waals surface area contributed by atoms with Gasteiger partial charge in [0, 0.05) is 31.4 Å². The van der Waals surface area contributed by atoms with Gasteiger partial charge in [0.2, 0.25) is 5.95 Å². The Labute approximate surface area is 222 Å². The second kappa shape index (κ2) is 11.3. The lowest BCUT2D eigenvalue weighted by atomic mass is 10.0. The van der Waals surface area contributed by atoms with Crippen molar-refractivity contribution in [3.8, 4) is 11.3 Å². The Bertz CT molecular complexity index is 1330. The highest BCUT2D eigenvalue weighted by molar-refractivity contribution is 6.33. The Kier molecular flexibility index (Phi) is 8.31. The summed E-state index contributed by atoms with van der Waals surface area (Å²) in [5, 5.41) is 2.44. The third-order valence-corrected chi connectivity index (χ3v) is 6.16. The van der Waals surface area contributed by atoms with Crippen LogP contribution in [0.25, 0.3) is 11.3 Å². The van der Waals surface area contributed by atoms with Crippen LogP contribution in [0.4, 0.5) is 36.7 Å². The van der Waals surface area contributed by atoms with Crippen LogP contribution in [0.2, 0.25) is 5.02 Å². The van der Waals surface area contributed by atoms with Gasteiger partial charge in [-0.3, -0.25) is 4.79 Å². The molecule has 1 fully saturated rings. The first kappa shape index (κ1) is 28.6. The first-order chi connectivity index (χ1) is 18.3. The van der Waals surface area contributed by atoms with E-state index in [4.69, 9.17) is 16.3 Å². The maximum Gasteiger partial charge on any atom is 0.416 e. The number of halogens is 8. The minimum absolute atomic E-state index is 0.0284. The topological polar surface area (TPSA) is 67.4 Å². The molecule has 4 rings (SSSR count). The number of carbonyl (C=O) groups excluding carboxylic acids is 1. The van der Waals surface area contributed by atoms with Crippen molar-refractivity contribution in [3.05, 3.63) is 75.7 Å². The van der Waals surface area contributed by atoms with Crippen molar-refractivity contribution in [2.45, 2.75) is 18.8 Å². The van der Waals surface area contributed by atoms with Crippen molar-refractivity contribution in [1.29, 1.82) is 0 Å². The van der Waals surface area contributed by atoms with Crippen LogP contribution in [0.15, 0.2) is 42.6 Å². The molecule has 6 nitrogen and oxygen atoms in total. The monoisotopic (exact) mass is 576 g/mol. The molecule has 2 heterocycles. The van der Waals surface area contributed by atoms with Gasteiger partial charge in [-0.1, -0.05) is 11.6 Å². The molecule has 0 radical (unpaired) electrons. The third kappa shape index (κ3) is 6.95. The molecule has 1 aliphatic rings. The second-order valence-electron chi connectivity index (χ2n) is 8.58. The average Bonchev–Trinajstić information content (AvgIpc) is 2.88. The largest absolute Gasteiger partial charge is 0.416 e. The molecule has 0 unspecified atom stereocenters. The van der Waals surface area contributed by atoms with E-state index in [-0.39, 0.29) is 52.4 Å². The molecule has 0 bridgehead atoms. The Hall–Kier alpha value is -3.45. The van der Waals surface area contributed by atoms with Crippen molar-refractivity contribution in [3.63, 3.8) is 0 Å². The van der Waals surface area contributed by atoms with Gasteiger partial charge in [0.15, 0.2) is 0 Å². The fraction of sp³-hybridized carbons (Fsp3) is 0.320. The summed E-state index contributed by atoms with van der Waals surface area (Å²) < 4.78 is 97.8. The summed E-state index contributed by atoms with van der Waals surface area (Å²) in [6, 6.07) is 4.75. The van der Waals surface area contributed by atoms with Crippen LogP contribution in [0.1, 0.15) is 27.0 Å². The van der Waals surface area contributed by atoms with E-state index in [9.17, 15) is 35.5 Å². The van der Waals surface area contributed by atoms with Crippen LogP contribution in [0.3, 0.4) is 0 Å². The molecule has 39 heavy (non-hydrogen) atoms. The van der Waals surface area contributed by atoms with E-state index < -0.39 is 35.2 Å². The lowest BCUT2D eigenvalue weighted by Gasteiger charge is -2.27. The van der Waals surface area contributed by atoms with Gasteiger partial charge in [-0.05, 0) is 48.4 Å². The minimum Gasteiger partial charge on any atom is -0.378 e. The number of benzene rings is 2. The summed E-state index contributed by atoms with van der Waals surface area (Å²) in [7, 11) is 0. The van der Waals surface area contributed by atoms with E-state index in [1.165, 1.54) is 12.3 Å². The van der Waals surface area contributed by atoms with E-state index in [2.05, 4.69) is 15.3 Å². The number of hydrogen-bond acceptors (Lipinski definition) is 5. The number of nitrogens with one attached hydrogen (secondary N) is 1. The smallest absolute Gasteiger partial charge is 0.378 e. The van der Waals surface area contributed by atoms with Crippen molar-refractivity contribution >= 4 is 23.5 Å². The van der Waals surface area contributed by atoms with E-state index >= 15 is 0 Å². The van der Waals surface area contributed by atoms with Crippen molar-refractivity contribution in [2.24, 2.45) is 0 Å². The van der Waals surface area contributed by atoms with Crippen LogP contribution in [-0.4, -0.2) is 48.7 Å². The highest BCUT2D eigenvalue weighted by Crippen LogP contribution is 2.36. The third-order valence-electron chi connectivity index (χ3n) is 5.85. The quantitative estimate of drug-likeness (QED) is 0.377. The van der Waals surface area contributed by atoms with E-state index in [0.29, 0.717) is 38.4 Å². The van der Waals surface area contributed by atoms with Crippen LogP contribution >= 0.6 is 11.6 Å². The normalized spacial score (nSPS) is 14.4. The van der Waals surface area contributed by atoms with Gasteiger partial charge in [-0.15, -0.1) is 0 Å². The van der Waals surface area contributed by atoms with Gasteiger partial charge in [0.25, 0.3) is 5.91 Å². The summed E-state index contributed by atoms with van der Waals surface area (Å²) in [6.07, 6.45) is -9.06. The number of ether oxygens (including phenoxy) is 1. The molecule has 0 saturated carbocycles. The van der Waals surface area contributed by atoms with Crippen LogP contribution in [0, 0.1) is 5.82 Å². The Morgan fingerprint density at radius 2 is 1.64 bits per heavy atom. The molecule has 0 atom stereocenters. The zero-order valence-corrected chi connectivity index (χ0v) is 20.7.